The molecule has 1 atom stereocenters. The quantitative estimate of drug-likeness (QED) is 0.853. The zero-order valence-electron chi connectivity index (χ0n) is 9.53. The lowest BCUT2D eigenvalue weighted by atomic mass is 9.83. The van der Waals surface area contributed by atoms with Gasteiger partial charge in [0.25, 0.3) is 0 Å². The molecule has 16 heavy (non-hydrogen) atoms. The molecular weight excluding hydrogens is 203 g/mol. The van der Waals surface area contributed by atoms with Gasteiger partial charge in [-0.15, -0.1) is 0 Å². The van der Waals surface area contributed by atoms with E-state index < -0.39 is 0 Å². The molecule has 0 radical (unpaired) electrons. The zero-order chi connectivity index (χ0) is 11.4. The van der Waals surface area contributed by atoms with Gasteiger partial charge in [0, 0.05) is 17.8 Å². The minimum absolute atomic E-state index is 0.175. The Morgan fingerprint density at radius 3 is 2.81 bits per heavy atom. The van der Waals surface area contributed by atoms with Crippen LogP contribution in [-0.4, -0.2) is 4.98 Å². The van der Waals surface area contributed by atoms with E-state index in [4.69, 9.17) is 5.73 Å². The van der Waals surface area contributed by atoms with Gasteiger partial charge in [0.1, 0.15) is 5.82 Å². The van der Waals surface area contributed by atoms with Gasteiger partial charge in [-0.05, 0) is 18.4 Å². The lowest BCUT2D eigenvalue weighted by molar-refractivity contribution is 0.317. The van der Waals surface area contributed by atoms with E-state index in [-0.39, 0.29) is 11.9 Å². The molecular formula is C13H19FN2. The van der Waals surface area contributed by atoms with Crippen LogP contribution in [0.2, 0.25) is 0 Å². The first-order valence-electron chi connectivity index (χ1n) is 6.12. The second-order valence-electron chi connectivity index (χ2n) is 4.74. The Hall–Kier alpha value is -0.960. The summed E-state index contributed by atoms with van der Waals surface area (Å²) in [6.07, 6.45) is 10.2. The van der Waals surface area contributed by atoms with E-state index in [9.17, 15) is 4.39 Å². The average Bonchev–Trinajstić information content (AvgIpc) is 2.31. The van der Waals surface area contributed by atoms with Crippen LogP contribution in [0.4, 0.5) is 4.39 Å². The largest absolute Gasteiger partial charge is 0.324 e. The highest BCUT2D eigenvalue weighted by atomic mass is 19.1. The summed E-state index contributed by atoms with van der Waals surface area (Å²) in [5.74, 6) is 0.405. The highest BCUT2D eigenvalue weighted by Crippen LogP contribution is 2.31. The van der Waals surface area contributed by atoms with Crippen LogP contribution in [0.25, 0.3) is 0 Å². The third kappa shape index (κ3) is 2.79. The van der Waals surface area contributed by atoms with Gasteiger partial charge in [-0.3, -0.25) is 4.98 Å². The maximum Gasteiger partial charge on any atom is 0.146 e. The van der Waals surface area contributed by atoms with Gasteiger partial charge in [0.15, 0.2) is 0 Å². The predicted molar refractivity (Wildman–Crippen MR) is 62.3 cm³/mol. The number of hydrogen-bond donors (Lipinski definition) is 1. The Kier molecular flexibility index (Phi) is 3.88. The summed E-state index contributed by atoms with van der Waals surface area (Å²) in [4.78, 5) is 3.74. The van der Waals surface area contributed by atoms with Crippen LogP contribution in [0.3, 0.4) is 0 Å². The first-order valence-corrected chi connectivity index (χ1v) is 6.12. The molecule has 1 fully saturated rings. The Morgan fingerprint density at radius 2 is 2.12 bits per heavy atom. The van der Waals surface area contributed by atoms with Crippen LogP contribution < -0.4 is 5.73 Å². The van der Waals surface area contributed by atoms with E-state index in [1.165, 1.54) is 38.3 Å². The maximum atomic E-state index is 13.5. The number of nitrogens with zero attached hydrogens (tertiary/aromatic N) is 1. The molecule has 0 saturated heterocycles. The van der Waals surface area contributed by atoms with Gasteiger partial charge in [-0.25, -0.2) is 4.39 Å². The van der Waals surface area contributed by atoms with Crippen molar-refractivity contribution in [3.63, 3.8) is 0 Å². The monoisotopic (exact) mass is 222 g/mol. The fraction of sp³-hybridized carbons (Fsp3) is 0.615. The molecule has 0 amide bonds. The summed E-state index contributed by atoms with van der Waals surface area (Å²) in [5.41, 5.74) is 6.67. The van der Waals surface area contributed by atoms with Crippen molar-refractivity contribution in [1.29, 1.82) is 0 Å². The van der Waals surface area contributed by atoms with E-state index >= 15 is 0 Å². The summed E-state index contributed by atoms with van der Waals surface area (Å²) < 4.78 is 13.5. The fourth-order valence-electron chi connectivity index (χ4n) is 2.60. The summed E-state index contributed by atoms with van der Waals surface area (Å²) in [6.45, 7) is 0. The van der Waals surface area contributed by atoms with E-state index in [1.807, 2.05) is 0 Å². The van der Waals surface area contributed by atoms with E-state index in [0.717, 1.165) is 6.42 Å². The van der Waals surface area contributed by atoms with Crippen LogP contribution in [0.15, 0.2) is 18.5 Å². The van der Waals surface area contributed by atoms with Gasteiger partial charge < -0.3 is 5.73 Å². The molecule has 2 nitrogen and oxygen atoms in total. The van der Waals surface area contributed by atoms with Crippen molar-refractivity contribution in [2.75, 3.05) is 0 Å². The summed E-state index contributed by atoms with van der Waals surface area (Å²) in [6, 6.07) is 1.52. The standard InChI is InChI=1S/C13H19FN2/c14-12-9-16-7-6-11(12)13(15)8-10-4-2-1-3-5-10/h6-7,9-10,13H,1-5,8,15H2. The Morgan fingerprint density at radius 1 is 1.38 bits per heavy atom. The number of halogens is 1. The molecule has 1 aromatic heterocycles. The van der Waals surface area contributed by atoms with Crippen LogP contribution in [0.5, 0.6) is 0 Å². The molecule has 2 rings (SSSR count). The van der Waals surface area contributed by atoms with Crippen molar-refractivity contribution in [1.82, 2.24) is 4.98 Å². The van der Waals surface area contributed by atoms with Gasteiger partial charge in [0.05, 0.1) is 6.20 Å². The second kappa shape index (κ2) is 5.39. The van der Waals surface area contributed by atoms with Gasteiger partial charge in [-0.1, -0.05) is 32.1 Å². The predicted octanol–water partition coefficient (Wildman–Crippen LogP) is 3.19. The molecule has 2 N–H and O–H groups in total. The van der Waals surface area contributed by atoms with Gasteiger partial charge in [-0.2, -0.15) is 0 Å². The molecule has 0 bridgehead atoms. The van der Waals surface area contributed by atoms with Crippen molar-refractivity contribution in [2.45, 2.75) is 44.6 Å². The number of aromatic nitrogens is 1. The summed E-state index contributed by atoms with van der Waals surface area (Å²) in [5, 5.41) is 0. The third-order valence-corrected chi connectivity index (χ3v) is 3.52. The topological polar surface area (TPSA) is 38.9 Å². The number of pyridine rings is 1. The van der Waals surface area contributed by atoms with Crippen molar-refractivity contribution in [3.05, 3.63) is 29.8 Å². The molecule has 1 heterocycles. The average molecular weight is 222 g/mol. The third-order valence-electron chi connectivity index (χ3n) is 3.52. The minimum Gasteiger partial charge on any atom is -0.324 e. The normalized spacial score (nSPS) is 19.6. The first kappa shape index (κ1) is 11.5. The molecule has 1 aromatic rings. The van der Waals surface area contributed by atoms with E-state index in [2.05, 4.69) is 4.98 Å². The van der Waals surface area contributed by atoms with Crippen molar-refractivity contribution in [2.24, 2.45) is 11.7 Å². The van der Waals surface area contributed by atoms with E-state index in [1.54, 1.807) is 12.3 Å². The lowest BCUT2D eigenvalue weighted by Crippen LogP contribution is -2.18. The Balaban J connectivity index is 1.96. The van der Waals surface area contributed by atoms with Gasteiger partial charge >= 0.3 is 0 Å². The molecule has 1 saturated carbocycles. The SMILES string of the molecule is NC(CC1CCCCC1)c1ccncc1F. The Bertz CT molecular complexity index is 334. The number of rotatable bonds is 3. The van der Waals surface area contributed by atoms with Crippen LogP contribution in [-0.2, 0) is 0 Å². The fourth-order valence-corrected chi connectivity index (χ4v) is 2.60. The Labute approximate surface area is 96.1 Å². The molecule has 0 aliphatic heterocycles. The number of nitrogens with two attached hydrogens (primary N) is 1. The molecule has 3 heteroatoms. The molecule has 1 unspecified atom stereocenters. The zero-order valence-corrected chi connectivity index (χ0v) is 9.53. The van der Waals surface area contributed by atoms with Crippen molar-refractivity contribution in [3.8, 4) is 0 Å². The number of hydrogen-bond acceptors (Lipinski definition) is 2. The maximum absolute atomic E-state index is 13.5. The van der Waals surface area contributed by atoms with Crippen LogP contribution >= 0.6 is 0 Å². The molecule has 88 valence electrons. The molecule has 1 aliphatic rings. The van der Waals surface area contributed by atoms with Gasteiger partial charge in [0.2, 0.25) is 0 Å². The smallest absolute Gasteiger partial charge is 0.146 e. The minimum atomic E-state index is -0.272. The van der Waals surface area contributed by atoms with Crippen molar-refractivity contribution < 1.29 is 4.39 Å². The lowest BCUT2D eigenvalue weighted by Gasteiger charge is -2.24. The highest BCUT2D eigenvalue weighted by molar-refractivity contribution is 5.16. The molecule has 1 aliphatic carbocycles. The van der Waals surface area contributed by atoms with Crippen molar-refractivity contribution >= 4 is 0 Å². The summed E-state index contributed by atoms with van der Waals surface area (Å²) >= 11 is 0. The molecule has 0 aromatic carbocycles. The first-order chi connectivity index (χ1) is 7.77. The van der Waals surface area contributed by atoms with Crippen LogP contribution in [0, 0.1) is 11.7 Å². The highest BCUT2D eigenvalue weighted by Gasteiger charge is 2.19. The van der Waals surface area contributed by atoms with Crippen LogP contribution in [0.1, 0.15) is 50.1 Å². The summed E-state index contributed by atoms with van der Waals surface area (Å²) in [7, 11) is 0. The second-order valence-corrected chi connectivity index (χ2v) is 4.74. The molecule has 0 spiro atoms. The van der Waals surface area contributed by atoms with E-state index in [0.29, 0.717) is 11.5 Å².